The summed E-state index contributed by atoms with van der Waals surface area (Å²) in [6.45, 7) is 13.5. The number of ether oxygens (including phenoxy) is 1. The molecule has 0 heterocycles. The Morgan fingerprint density at radius 1 is 1.13 bits per heavy atom. The van der Waals surface area contributed by atoms with Gasteiger partial charge in [0, 0.05) is 12.3 Å². The van der Waals surface area contributed by atoms with Crippen LogP contribution in [0.4, 0.5) is 0 Å². The summed E-state index contributed by atoms with van der Waals surface area (Å²) in [6, 6.07) is 0. The lowest BCUT2D eigenvalue weighted by atomic mass is 9.49. The van der Waals surface area contributed by atoms with Gasteiger partial charge in [-0.15, -0.1) is 0 Å². The molecule has 31 heavy (non-hydrogen) atoms. The number of hydrogen-bond acceptors (Lipinski definition) is 2. The van der Waals surface area contributed by atoms with Crippen LogP contribution in [-0.2, 0) is 9.53 Å². The summed E-state index contributed by atoms with van der Waals surface area (Å²) >= 11 is 0. The highest BCUT2D eigenvalue weighted by atomic mass is 16.5. The van der Waals surface area contributed by atoms with Gasteiger partial charge >= 0.3 is 5.97 Å². The first-order valence-electron chi connectivity index (χ1n) is 12.9. The van der Waals surface area contributed by atoms with Gasteiger partial charge in [0.2, 0.25) is 0 Å². The molecule has 0 aliphatic heterocycles. The van der Waals surface area contributed by atoms with E-state index in [9.17, 15) is 4.79 Å². The third-order valence-electron chi connectivity index (χ3n) is 9.83. The molecular formula is C29H44O2. The second-order valence-corrected chi connectivity index (χ2v) is 11.8. The summed E-state index contributed by atoms with van der Waals surface area (Å²) in [5.74, 6) is 2.76. The van der Waals surface area contributed by atoms with Gasteiger partial charge in [0.05, 0.1) is 0 Å². The zero-order valence-electron chi connectivity index (χ0n) is 20.8. The molecule has 0 amide bonds. The number of hydrogen-bond donors (Lipinski definition) is 0. The van der Waals surface area contributed by atoms with Crippen LogP contribution >= 0.6 is 0 Å². The van der Waals surface area contributed by atoms with Gasteiger partial charge in [0.25, 0.3) is 0 Å². The van der Waals surface area contributed by atoms with E-state index in [1.54, 1.807) is 12.5 Å². The first-order valence-corrected chi connectivity index (χ1v) is 12.9. The lowest BCUT2D eigenvalue weighted by Gasteiger charge is -2.56. The van der Waals surface area contributed by atoms with E-state index < -0.39 is 0 Å². The van der Waals surface area contributed by atoms with E-state index >= 15 is 0 Å². The van der Waals surface area contributed by atoms with Crippen molar-refractivity contribution in [3.8, 4) is 0 Å². The van der Waals surface area contributed by atoms with Gasteiger partial charge in [0.1, 0.15) is 6.10 Å². The van der Waals surface area contributed by atoms with Crippen molar-refractivity contribution in [1.82, 2.24) is 0 Å². The number of esters is 1. The molecule has 0 aromatic heterocycles. The van der Waals surface area contributed by atoms with Crippen LogP contribution in [0.5, 0.6) is 0 Å². The van der Waals surface area contributed by atoms with Gasteiger partial charge in [-0.05, 0) is 101 Å². The predicted octanol–water partition coefficient (Wildman–Crippen LogP) is 7.80. The van der Waals surface area contributed by atoms with Crippen LogP contribution in [0.3, 0.4) is 0 Å². The highest BCUT2D eigenvalue weighted by molar-refractivity contribution is 5.66. The minimum atomic E-state index is -0.115. The fourth-order valence-electron chi connectivity index (χ4n) is 8.23. The standard InChI is InChI=1S/C29H44O2/c1-19(2)9-7-10-20(3)24-15-16-25-23-14-13-22-11-8-12-27(31-21(4)30)29(22,6)26(23)17-18-28(24,25)5/h9,13-14,20,24-27H,7-8,10-12,15-18H2,1-6H3/t20-,24-,25+,26+,27+,28-,29+/m1/s1. The molecule has 0 N–H and O–H groups in total. The van der Waals surface area contributed by atoms with E-state index in [4.69, 9.17) is 4.74 Å². The Morgan fingerprint density at radius 2 is 1.90 bits per heavy atom. The first kappa shape index (κ1) is 22.9. The number of rotatable bonds is 5. The number of allylic oxidation sites excluding steroid dienone is 5. The largest absolute Gasteiger partial charge is 0.462 e. The van der Waals surface area contributed by atoms with Crippen LogP contribution in [0.25, 0.3) is 0 Å². The Hall–Kier alpha value is -1.31. The minimum Gasteiger partial charge on any atom is -0.462 e. The monoisotopic (exact) mass is 424 g/mol. The minimum absolute atomic E-state index is 0.00246. The molecule has 4 aliphatic rings. The van der Waals surface area contributed by atoms with Crippen molar-refractivity contribution < 1.29 is 9.53 Å². The van der Waals surface area contributed by atoms with Crippen LogP contribution in [0.1, 0.15) is 99.3 Å². The van der Waals surface area contributed by atoms with Crippen molar-refractivity contribution in [3.05, 3.63) is 34.9 Å². The van der Waals surface area contributed by atoms with Crippen molar-refractivity contribution in [3.63, 3.8) is 0 Å². The normalized spacial score (nSPS) is 39.9. The second kappa shape index (κ2) is 8.56. The Bertz CT molecular complexity index is 798. The quantitative estimate of drug-likeness (QED) is 0.332. The zero-order chi connectivity index (χ0) is 22.4. The molecule has 3 fully saturated rings. The maximum Gasteiger partial charge on any atom is 0.302 e. The summed E-state index contributed by atoms with van der Waals surface area (Å²) in [4.78, 5) is 11.9. The molecule has 0 unspecified atom stereocenters. The van der Waals surface area contributed by atoms with E-state index in [-0.39, 0.29) is 17.5 Å². The fraction of sp³-hybridized carbons (Fsp3) is 0.759. The third kappa shape index (κ3) is 3.87. The van der Waals surface area contributed by atoms with Crippen LogP contribution in [0.2, 0.25) is 0 Å². The van der Waals surface area contributed by atoms with Crippen molar-refractivity contribution in [2.24, 2.45) is 34.5 Å². The summed E-state index contributed by atoms with van der Waals surface area (Å²) in [6.07, 6.45) is 18.6. The molecule has 2 heteroatoms. The van der Waals surface area contributed by atoms with Crippen molar-refractivity contribution >= 4 is 5.97 Å². The number of carbonyl (C=O) groups excluding carboxylic acids is 1. The third-order valence-corrected chi connectivity index (χ3v) is 9.83. The molecule has 3 saturated carbocycles. The Kier molecular flexibility index (Phi) is 6.32. The lowest BCUT2D eigenvalue weighted by Crippen LogP contribution is -2.51. The van der Waals surface area contributed by atoms with Gasteiger partial charge in [0.15, 0.2) is 0 Å². The summed E-state index contributed by atoms with van der Waals surface area (Å²) < 4.78 is 5.96. The molecule has 0 bridgehead atoms. The van der Waals surface area contributed by atoms with Crippen molar-refractivity contribution in [2.45, 2.75) is 105 Å². The molecule has 172 valence electrons. The number of fused-ring (bicyclic) bond motifs is 5. The maximum atomic E-state index is 11.9. The molecule has 2 nitrogen and oxygen atoms in total. The lowest BCUT2D eigenvalue weighted by molar-refractivity contribution is -0.156. The van der Waals surface area contributed by atoms with Crippen LogP contribution in [-0.4, -0.2) is 12.1 Å². The molecule has 0 aromatic carbocycles. The van der Waals surface area contributed by atoms with Gasteiger partial charge in [-0.2, -0.15) is 0 Å². The van der Waals surface area contributed by atoms with Gasteiger partial charge < -0.3 is 4.74 Å². The van der Waals surface area contributed by atoms with Crippen LogP contribution in [0.15, 0.2) is 34.9 Å². The molecule has 0 radical (unpaired) electrons. The van der Waals surface area contributed by atoms with Crippen LogP contribution < -0.4 is 0 Å². The fourth-order valence-corrected chi connectivity index (χ4v) is 8.23. The highest BCUT2D eigenvalue weighted by Crippen LogP contribution is 2.66. The Balaban J connectivity index is 1.58. The second-order valence-electron chi connectivity index (χ2n) is 11.8. The molecule has 7 atom stereocenters. The molecule has 4 aliphatic carbocycles. The van der Waals surface area contributed by atoms with Crippen molar-refractivity contribution in [1.29, 1.82) is 0 Å². The SMILES string of the molecule is CC(=O)O[C@H]1CCCC2=CC=C3[C@@H]4CC[C@H]([C@H](C)CCC=C(C)C)[C@@]4(C)CC[C@@H]3[C@]21C. The smallest absolute Gasteiger partial charge is 0.302 e. The average Bonchev–Trinajstić information content (AvgIpc) is 3.05. The molecular weight excluding hydrogens is 380 g/mol. The van der Waals surface area contributed by atoms with Gasteiger partial charge in [-0.3, -0.25) is 4.79 Å². The summed E-state index contributed by atoms with van der Waals surface area (Å²) in [5.41, 5.74) is 5.11. The topological polar surface area (TPSA) is 26.3 Å². The summed E-state index contributed by atoms with van der Waals surface area (Å²) in [7, 11) is 0. The Morgan fingerprint density at radius 3 is 2.61 bits per heavy atom. The van der Waals surface area contributed by atoms with E-state index in [1.165, 1.54) is 56.1 Å². The van der Waals surface area contributed by atoms with Crippen molar-refractivity contribution in [2.75, 3.05) is 0 Å². The summed E-state index contributed by atoms with van der Waals surface area (Å²) in [5, 5.41) is 0. The molecule has 0 spiro atoms. The van der Waals surface area contributed by atoms with Crippen LogP contribution in [0, 0.1) is 34.5 Å². The van der Waals surface area contributed by atoms with E-state index in [0.717, 1.165) is 24.7 Å². The van der Waals surface area contributed by atoms with E-state index in [1.807, 2.05) is 0 Å². The average molecular weight is 425 g/mol. The van der Waals surface area contributed by atoms with E-state index in [0.29, 0.717) is 17.3 Å². The number of carbonyl (C=O) groups is 1. The predicted molar refractivity (Wildman–Crippen MR) is 129 cm³/mol. The van der Waals surface area contributed by atoms with Gasteiger partial charge in [-0.25, -0.2) is 0 Å². The molecule has 4 rings (SSSR count). The maximum absolute atomic E-state index is 11.9. The molecule has 0 aromatic rings. The Labute approximate surface area is 190 Å². The zero-order valence-corrected chi connectivity index (χ0v) is 20.8. The van der Waals surface area contributed by atoms with E-state index in [2.05, 4.69) is 52.8 Å². The molecule has 0 saturated heterocycles. The van der Waals surface area contributed by atoms with Gasteiger partial charge in [-0.1, -0.05) is 55.7 Å². The highest BCUT2D eigenvalue weighted by Gasteiger charge is 2.58. The first-order chi connectivity index (χ1) is 14.7.